The van der Waals surface area contributed by atoms with Crippen LogP contribution in [0.1, 0.15) is 11.5 Å². The maximum Gasteiger partial charge on any atom is 0.246 e. The van der Waals surface area contributed by atoms with E-state index >= 15 is 0 Å². The number of benzene rings is 2. The molecule has 1 aromatic heterocycles. The summed E-state index contributed by atoms with van der Waals surface area (Å²) < 4.78 is 10.2. The average molecular weight is 370 g/mol. The number of nitrogens with one attached hydrogen (secondary N) is 1. The molecule has 0 atom stereocenters. The SMILES string of the molecule is COc1ccc(/C=C/C(=O)NCc2nc(-c3ccc(Cl)cc3)no2)cc1. The Labute approximate surface area is 155 Å². The second kappa shape index (κ2) is 8.31. The van der Waals surface area contributed by atoms with Crippen molar-refractivity contribution in [3.8, 4) is 17.1 Å². The van der Waals surface area contributed by atoms with Crippen LogP contribution in [-0.2, 0) is 11.3 Å². The molecule has 6 nitrogen and oxygen atoms in total. The number of halogens is 1. The van der Waals surface area contributed by atoms with Crippen LogP contribution in [-0.4, -0.2) is 23.2 Å². The molecule has 3 aromatic rings. The lowest BCUT2D eigenvalue weighted by Gasteiger charge is -1.99. The van der Waals surface area contributed by atoms with Crippen LogP contribution in [0.25, 0.3) is 17.5 Å². The number of hydrogen-bond acceptors (Lipinski definition) is 5. The first-order valence-corrected chi connectivity index (χ1v) is 8.20. The third-order valence-corrected chi connectivity index (χ3v) is 3.78. The van der Waals surface area contributed by atoms with Gasteiger partial charge in [-0.2, -0.15) is 4.98 Å². The Morgan fingerprint density at radius 3 is 2.62 bits per heavy atom. The van der Waals surface area contributed by atoms with Crippen molar-refractivity contribution in [1.82, 2.24) is 15.5 Å². The lowest BCUT2D eigenvalue weighted by Crippen LogP contribution is -2.20. The molecular formula is C19H16ClN3O3. The molecule has 0 saturated heterocycles. The fourth-order valence-corrected chi connectivity index (χ4v) is 2.28. The first kappa shape index (κ1) is 17.7. The predicted molar refractivity (Wildman–Crippen MR) is 98.6 cm³/mol. The Kier molecular flexibility index (Phi) is 5.66. The van der Waals surface area contributed by atoms with Gasteiger partial charge in [0.15, 0.2) is 0 Å². The van der Waals surface area contributed by atoms with Gasteiger partial charge in [-0.1, -0.05) is 28.9 Å². The monoisotopic (exact) mass is 369 g/mol. The van der Waals surface area contributed by atoms with Crippen LogP contribution >= 0.6 is 11.6 Å². The molecule has 0 saturated carbocycles. The molecule has 0 spiro atoms. The van der Waals surface area contributed by atoms with Gasteiger partial charge >= 0.3 is 0 Å². The molecule has 26 heavy (non-hydrogen) atoms. The molecule has 0 fully saturated rings. The Bertz CT molecular complexity index is 903. The zero-order chi connectivity index (χ0) is 18.4. The number of methoxy groups -OCH3 is 1. The normalized spacial score (nSPS) is 10.8. The van der Waals surface area contributed by atoms with Crippen molar-refractivity contribution in [3.05, 3.63) is 71.1 Å². The minimum absolute atomic E-state index is 0.145. The molecule has 2 aromatic carbocycles. The van der Waals surface area contributed by atoms with E-state index in [1.165, 1.54) is 6.08 Å². The molecule has 1 heterocycles. The number of ether oxygens (including phenoxy) is 1. The highest BCUT2D eigenvalue weighted by Crippen LogP contribution is 2.18. The molecular weight excluding hydrogens is 354 g/mol. The molecule has 3 rings (SSSR count). The van der Waals surface area contributed by atoms with E-state index < -0.39 is 0 Å². The van der Waals surface area contributed by atoms with Gasteiger partial charge in [-0.25, -0.2) is 0 Å². The van der Waals surface area contributed by atoms with E-state index in [1.54, 1.807) is 37.5 Å². The highest BCUT2D eigenvalue weighted by molar-refractivity contribution is 6.30. The molecule has 1 amide bonds. The van der Waals surface area contributed by atoms with Gasteiger partial charge in [0.2, 0.25) is 17.6 Å². The molecule has 0 unspecified atom stereocenters. The summed E-state index contributed by atoms with van der Waals surface area (Å²) in [5, 5.41) is 7.22. The first-order chi connectivity index (χ1) is 12.6. The van der Waals surface area contributed by atoms with Crippen LogP contribution < -0.4 is 10.1 Å². The summed E-state index contributed by atoms with van der Waals surface area (Å²) in [5.74, 6) is 1.27. The standard InChI is InChI=1S/C19H16ClN3O3/c1-25-16-9-2-13(3-10-16)4-11-17(24)21-12-18-22-19(23-26-18)14-5-7-15(20)8-6-14/h2-11H,12H2,1H3,(H,21,24)/b11-4+. The van der Waals surface area contributed by atoms with Crippen LogP contribution in [0.4, 0.5) is 0 Å². The third kappa shape index (κ3) is 4.70. The van der Waals surface area contributed by atoms with Crippen LogP contribution in [0.5, 0.6) is 5.75 Å². The molecule has 0 bridgehead atoms. The number of amides is 1. The molecule has 7 heteroatoms. The van der Waals surface area contributed by atoms with Gasteiger partial charge in [0, 0.05) is 16.7 Å². The van der Waals surface area contributed by atoms with Crippen LogP contribution in [0.3, 0.4) is 0 Å². The fourth-order valence-electron chi connectivity index (χ4n) is 2.15. The Morgan fingerprint density at radius 1 is 1.19 bits per heavy atom. The summed E-state index contributed by atoms with van der Waals surface area (Å²) in [6.07, 6.45) is 3.15. The molecule has 0 aliphatic carbocycles. The molecule has 0 radical (unpaired) electrons. The molecule has 132 valence electrons. The average Bonchev–Trinajstić information content (AvgIpc) is 3.14. The number of nitrogens with zero attached hydrogens (tertiary/aromatic N) is 2. The van der Waals surface area contributed by atoms with Crippen LogP contribution in [0, 0.1) is 0 Å². The van der Waals surface area contributed by atoms with Gasteiger partial charge in [-0.3, -0.25) is 4.79 Å². The largest absolute Gasteiger partial charge is 0.497 e. The number of carbonyl (C=O) groups is 1. The first-order valence-electron chi connectivity index (χ1n) is 7.82. The van der Waals surface area contributed by atoms with Crippen molar-refractivity contribution >= 4 is 23.6 Å². The second-order valence-corrected chi connectivity index (χ2v) is 5.78. The van der Waals surface area contributed by atoms with Gasteiger partial charge in [0.05, 0.1) is 13.7 Å². The lowest BCUT2D eigenvalue weighted by atomic mass is 10.2. The third-order valence-electron chi connectivity index (χ3n) is 3.53. The summed E-state index contributed by atoms with van der Waals surface area (Å²) in [6.45, 7) is 0.145. The zero-order valence-electron chi connectivity index (χ0n) is 14.0. The molecule has 0 aliphatic rings. The number of aromatic nitrogens is 2. The number of rotatable bonds is 6. The molecule has 1 N–H and O–H groups in total. The maximum atomic E-state index is 11.9. The summed E-state index contributed by atoms with van der Waals surface area (Å²) >= 11 is 5.85. The van der Waals surface area contributed by atoms with Crippen molar-refractivity contribution < 1.29 is 14.1 Å². The van der Waals surface area contributed by atoms with E-state index in [0.717, 1.165) is 16.9 Å². The van der Waals surface area contributed by atoms with Gasteiger partial charge in [0.1, 0.15) is 5.75 Å². The summed E-state index contributed by atoms with van der Waals surface area (Å²) in [6, 6.07) is 14.5. The van der Waals surface area contributed by atoms with Gasteiger partial charge in [0.25, 0.3) is 0 Å². The Balaban J connectivity index is 1.54. The lowest BCUT2D eigenvalue weighted by molar-refractivity contribution is -0.116. The maximum absolute atomic E-state index is 11.9. The van der Waals surface area contributed by atoms with Crippen molar-refractivity contribution in [2.75, 3.05) is 7.11 Å². The van der Waals surface area contributed by atoms with E-state index in [0.29, 0.717) is 16.7 Å². The summed E-state index contributed by atoms with van der Waals surface area (Å²) in [7, 11) is 1.61. The van der Waals surface area contributed by atoms with E-state index in [2.05, 4.69) is 15.5 Å². The summed E-state index contributed by atoms with van der Waals surface area (Å²) in [4.78, 5) is 16.1. The zero-order valence-corrected chi connectivity index (χ0v) is 14.7. The smallest absolute Gasteiger partial charge is 0.246 e. The quantitative estimate of drug-likeness (QED) is 0.670. The highest BCUT2D eigenvalue weighted by Gasteiger charge is 2.09. The number of hydrogen-bond donors (Lipinski definition) is 1. The molecule has 0 aliphatic heterocycles. The van der Waals surface area contributed by atoms with Crippen LogP contribution in [0.2, 0.25) is 5.02 Å². The van der Waals surface area contributed by atoms with Gasteiger partial charge in [-0.15, -0.1) is 0 Å². The highest BCUT2D eigenvalue weighted by atomic mass is 35.5. The minimum atomic E-state index is -0.257. The van der Waals surface area contributed by atoms with Crippen molar-refractivity contribution in [3.63, 3.8) is 0 Å². The minimum Gasteiger partial charge on any atom is -0.497 e. The Morgan fingerprint density at radius 2 is 1.92 bits per heavy atom. The topological polar surface area (TPSA) is 77.2 Å². The summed E-state index contributed by atoms with van der Waals surface area (Å²) in [5.41, 5.74) is 1.68. The van der Waals surface area contributed by atoms with E-state index in [4.69, 9.17) is 20.9 Å². The predicted octanol–water partition coefficient (Wildman–Crippen LogP) is 3.73. The van der Waals surface area contributed by atoms with Gasteiger partial charge < -0.3 is 14.6 Å². The van der Waals surface area contributed by atoms with E-state index in [9.17, 15) is 4.79 Å². The van der Waals surface area contributed by atoms with Crippen LogP contribution in [0.15, 0.2) is 59.1 Å². The van der Waals surface area contributed by atoms with Crippen molar-refractivity contribution in [1.29, 1.82) is 0 Å². The van der Waals surface area contributed by atoms with E-state index in [-0.39, 0.29) is 12.5 Å². The van der Waals surface area contributed by atoms with Gasteiger partial charge in [-0.05, 0) is 48.0 Å². The number of carbonyl (C=O) groups excluding carboxylic acids is 1. The second-order valence-electron chi connectivity index (χ2n) is 5.34. The fraction of sp³-hybridized carbons (Fsp3) is 0.105. The van der Waals surface area contributed by atoms with Crippen molar-refractivity contribution in [2.24, 2.45) is 0 Å². The Hall–Kier alpha value is -3.12. The van der Waals surface area contributed by atoms with E-state index in [1.807, 2.05) is 24.3 Å². The van der Waals surface area contributed by atoms with Crippen molar-refractivity contribution in [2.45, 2.75) is 6.54 Å².